The lowest BCUT2D eigenvalue weighted by Gasteiger charge is -2.24. The number of carbonyl (C=O) groups is 3. The molecule has 0 aliphatic carbocycles. The van der Waals surface area contributed by atoms with E-state index < -0.39 is 5.97 Å². The maximum Gasteiger partial charge on any atom is 0.305 e. The fourth-order valence-electron chi connectivity index (χ4n) is 4.49. The number of hydrogen-bond acceptors (Lipinski definition) is 3. The number of nitrogens with zero attached hydrogens (tertiary/aromatic N) is 1. The van der Waals surface area contributed by atoms with Crippen molar-refractivity contribution in [2.45, 2.75) is 32.9 Å². The van der Waals surface area contributed by atoms with Crippen LogP contribution in [0.15, 0.2) is 103 Å². The molecule has 0 spiro atoms. The van der Waals surface area contributed by atoms with Crippen molar-refractivity contribution in [1.29, 1.82) is 0 Å². The summed E-state index contributed by atoms with van der Waals surface area (Å²) < 4.78 is 0. The van der Waals surface area contributed by atoms with E-state index in [4.69, 9.17) is 0 Å². The Balaban J connectivity index is 1.65. The molecule has 0 heterocycles. The SMILES string of the molecule is Cc1ccc([C@@H](C)NC(=O)c2ccccc2-c2ccccc2C(=O)N(CCC(=O)O)Cc2ccccc2)cc1. The maximum atomic E-state index is 13.9. The number of nitrogens with one attached hydrogen (secondary N) is 1. The number of rotatable bonds is 10. The van der Waals surface area contributed by atoms with Crippen LogP contribution < -0.4 is 5.32 Å². The maximum absolute atomic E-state index is 13.9. The topological polar surface area (TPSA) is 86.7 Å². The summed E-state index contributed by atoms with van der Waals surface area (Å²) in [6.07, 6.45) is -0.170. The van der Waals surface area contributed by atoms with Gasteiger partial charge in [0, 0.05) is 24.2 Å². The first kappa shape index (κ1) is 27.3. The predicted octanol–water partition coefficient (Wildman–Crippen LogP) is 6.27. The van der Waals surface area contributed by atoms with Crippen LogP contribution in [0.2, 0.25) is 0 Å². The van der Waals surface area contributed by atoms with Crippen molar-refractivity contribution in [2.24, 2.45) is 0 Å². The monoisotopic (exact) mass is 520 g/mol. The van der Waals surface area contributed by atoms with Crippen LogP contribution in [0.4, 0.5) is 0 Å². The molecule has 4 rings (SSSR count). The van der Waals surface area contributed by atoms with Crippen LogP contribution in [0.5, 0.6) is 0 Å². The van der Waals surface area contributed by atoms with Gasteiger partial charge in [0.05, 0.1) is 12.5 Å². The van der Waals surface area contributed by atoms with Crippen molar-refractivity contribution < 1.29 is 19.5 Å². The number of carboxylic acid groups (broad SMARTS) is 1. The zero-order valence-electron chi connectivity index (χ0n) is 22.1. The summed E-state index contributed by atoms with van der Waals surface area (Å²) in [4.78, 5) is 40.2. The summed E-state index contributed by atoms with van der Waals surface area (Å²) >= 11 is 0. The molecule has 39 heavy (non-hydrogen) atoms. The number of hydrogen-bond donors (Lipinski definition) is 2. The molecule has 0 bridgehead atoms. The average molecular weight is 521 g/mol. The van der Waals surface area contributed by atoms with Gasteiger partial charge in [0.25, 0.3) is 11.8 Å². The lowest BCUT2D eigenvalue weighted by atomic mass is 9.94. The van der Waals surface area contributed by atoms with Gasteiger partial charge in [-0.25, -0.2) is 0 Å². The van der Waals surface area contributed by atoms with E-state index in [9.17, 15) is 19.5 Å². The first-order valence-corrected chi connectivity index (χ1v) is 12.9. The number of aryl methyl sites for hydroxylation is 1. The average Bonchev–Trinajstić information content (AvgIpc) is 2.95. The summed E-state index contributed by atoms with van der Waals surface area (Å²) in [5.74, 6) is -1.51. The Morgan fingerprint density at radius 1 is 0.769 bits per heavy atom. The number of carboxylic acids is 1. The summed E-state index contributed by atoms with van der Waals surface area (Å²) in [6.45, 7) is 4.29. The second kappa shape index (κ2) is 12.7. The summed E-state index contributed by atoms with van der Waals surface area (Å²) in [7, 11) is 0. The minimum Gasteiger partial charge on any atom is -0.481 e. The third-order valence-electron chi connectivity index (χ3n) is 6.64. The number of amides is 2. The molecule has 0 aliphatic heterocycles. The van der Waals surface area contributed by atoms with Gasteiger partial charge in [-0.1, -0.05) is 96.6 Å². The van der Waals surface area contributed by atoms with E-state index in [0.29, 0.717) is 22.3 Å². The fourth-order valence-corrected chi connectivity index (χ4v) is 4.49. The highest BCUT2D eigenvalue weighted by Gasteiger charge is 2.23. The van der Waals surface area contributed by atoms with Crippen LogP contribution in [-0.4, -0.2) is 34.3 Å². The van der Waals surface area contributed by atoms with E-state index in [1.165, 1.54) is 0 Å². The van der Waals surface area contributed by atoms with E-state index in [-0.39, 0.29) is 37.4 Å². The molecule has 0 saturated heterocycles. The van der Waals surface area contributed by atoms with Crippen molar-refractivity contribution >= 4 is 17.8 Å². The van der Waals surface area contributed by atoms with Crippen molar-refractivity contribution in [1.82, 2.24) is 10.2 Å². The van der Waals surface area contributed by atoms with E-state index in [0.717, 1.165) is 16.7 Å². The van der Waals surface area contributed by atoms with Gasteiger partial charge in [-0.3, -0.25) is 14.4 Å². The van der Waals surface area contributed by atoms with Gasteiger partial charge in [0.15, 0.2) is 0 Å². The Kier molecular flexibility index (Phi) is 8.90. The Labute approximate surface area is 228 Å². The lowest BCUT2D eigenvalue weighted by molar-refractivity contribution is -0.137. The van der Waals surface area contributed by atoms with Gasteiger partial charge in [0.2, 0.25) is 0 Å². The highest BCUT2D eigenvalue weighted by Crippen LogP contribution is 2.29. The van der Waals surface area contributed by atoms with Crippen LogP contribution in [0.25, 0.3) is 11.1 Å². The molecule has 0 radical (unpaired) electrons. The zero-order chi connectivity index (χ0) is 27.8. The molecular formula is C33H32N2O4. The molecule has 2 N–H and O–H groups in total. The quantitative estimate of drug-likeness (QED) is 0.258. The minimum absolute atomic E-state index is 0.0631. The zero-order valence-corrected chi connectivity index (χ0v) is 22.1. The molecule has 0 aliphatic rings. The van der Waals surface area contributed by atoms with Gasteiger partial charge < -0.3 is 15.3 Å². The van der Waals surface area contributed by atoms with Crippen molar-refractivity contribution in [3.05, 3.63) is 131 Å². The van der Waals surface area contributed by atoms with E-state index in [2.05, 4.69) is 5.32 Å². The lowest BCUT2D eigenvalue weighted by Crippen LogP contribution is -2.33. The second-order valence-corrected chi connectivity index (χ2v) is 9.55. The number of benzene rings is 4. The minimum atomic E-state index is -0.973. The normalized spacial score (nSPS) is 11.4. The molecular weight excluding hydrogens is 488 g/mol. The Hall–Kier alpha value is -4.71. The molecule has 0 unspecified atom stereocenters. The van der Waals surface area contributed by atoms with Crippen LogP contribution in [0, 0.1) is 6.92 Å². The summed E-state index contributed by atoms with van der Waals surface area (Å²) in [6, 6.07) is 31.6. The molecule has 1 atom stereocenters. The van der Waals surface area contributed by atoms with Crippen molar-refractivity contribution in [3.63, 3.8) is 0 Å². The van der Waals surface area contributed by atoms with Gasteiger partial charge in [-0.2, -0.15) is 0 Å². The van der Waals surface area contributed by atoms with Crippen LogP contribution in [0.1, 0.15) is 56.8 Å². The molecule has 198 valence electrons. The molecule has 6 nitrogen and oxygen atoms in total. The smallest absolute Gasteiger partial charge is 0.305 e. The summed E-state index contributed by atoms with van der Waals surface area (Å²) in [5.41, 5.74) is 5.16. The Bertz CT molecular complexity index is 1450. The predicted molar refractivity (Wildman–Crippen MR) is 152 cm³/mol. The molecule has 2 amide bonds. The van der Waals surface area contributed by atoms with Gasteiger partial charge in [-0.05, 0) is 48.2 Å². The van der Waals surface area contributed by atoms with Gasteiger partial charge in [0.1, 0.15) is 0 Å². The van der Waals surface area contributed by atoms with Gasteiger partial charge >= 0.3 is 5.97 Å². The third-order valence-corrected chi connectivity index (χ3v) is 6.64. The highest BCUT2D eigenvalue weighted by atomic mass is 16.4. The van der Waals surface area contributed by atoms with E-state index in [1.807, 2.05) is 92.7 Å². The second-order valence-electron chi connectivity index (χ2n) is 9.55. The Morgan fingerprint density at radius 3 is 1.97 bits per heavy atom. The van der Waals surface area contributed by atoms with Crippen LogP contribution >= 0.6 is 0 Å². The van der Waals surface area contributed by atoms with Crippen LogP contribution in [-0.2, 0) is 11.3 Å². The first-order chi connectivity index (χ1) is 18.8. The first-order valence-electron chi connectivity index (χ1n) is 12.9. The summed E-state index contributed by atoms with van der Waals surface area (Å²) in [5, 5.41) is 12.4. The molecule has 0 aromatic heterocycles. The molecule has 0 saturated carbocycles. The van der Waals surface area contributed by atoms with Crippen molar-refractivity contribution in [2.75, 3.05) is 6.54 Å². The molecule has 4 aromatic carbocycles. The van der Waals surface area contributed by atoms with Crippen LogP contribution in [0.3, 0.4) is 0 Å². The third kappa shape index (κ3) is 6.99. The fraction of sp³-hybridized carbons (Fsp3) is 0.182. The number of carbonyl (C=O) groups excluding carboxylic acids is 2. The molecule has 0 fully saturated rings. The Morgan fingerprint density at radius 2 is 1.33 bits per heavy atom. The van der Waals surface area contributed by atoms with E-state index >= 15 is 0 Å². The standard InChI is InChI=1S/C33H32N2O4/c1-23-16-18-26(19-17-23)24(2)34-32(38)29-14-8-6-12-27(29)28-13-7-9-15-30(28)33(39)35(21-20-31(36)37)22-25-10-4-3-5-11-25/h3-19,24H,20-22H2,1-2H3,(H,34,38)(H,36,37)/t24-/m1/s1. The van der Waals surface area contributed by atoms with E-state index in [1.54, 1.807) is 29.2 Å². The van der Waals surface area contributed by atoms with Crippen molar-refractivity contribution in [3.8, 4) is 11.1 Å². The molecule has 6 heteroatoms. The highest BCUT2D eigenvalue weighted by molar-refractivity contribution is 6.06. The molecule has 4 aromatic rings. The number of aliphatic carboxylic acids is 1. The van der Waals surface area contributed by atoms with Gasteiger partial charge in [-0.15, -0.1) is 0 Å². The largest absolute Gasteiger partial charge is 0.481 e.